The fraction of sp³-hybridized carbons (Fsp3) is 0.750. The van der Waals surface area contributed by atoms with Crippen molar-refractivity contribution in [3.05, 3.63) is 0 Å². The number of ether oxygens (including phenoxy) is 1. The lowest BCUT2D eigenvalue weighted by Gasteiger charge is -2.14. The van der Waals surface area contributed by atoms with Crippen LogP contribution < -0.4 is 5.32 Å². The lowest BCUT2D eigenvalue weighted by atomic mass is 10.3. The van der Waals surface area contributed by atoms with Crippen molar-refractivity contribution in [3.8, 4) is 0 Å². The summed E-state index contributed by atoms with van der Waals surface area (Å²) in [5, 5.41) is 2.72. The third-order valence-corrected chi connectivity index (χ3v) is 1.41. The average Bonchev–Trinajstić information content (AvgIpc) is 2.05. The van der Waals surface area contributed by atoms with E-state index in [-0.39, 0.29) is 17.8 Å². The molecule has 1 amide bonds. The molecule has 0 aromatic carbocycles. The van der Waals surface area contributed by atoms with Gasteiger partial charge in [-0.15, -0.1) is 0 Å². The van der Waals surface area contributed by atoms with Crippen molar-refractivity contribution in [1.82, 2.24) is 5.32 Å². The molecule has 0 fully saturated rings. The molecular weight excluding hydrogens is 156 g/mol. The van der Waals surface area contributed by atoms with Gasteiger partial charge in [-0.3, -0.25) is 4.79 Å². The second-order valence-electron chi connectivity index (χ2n) is 3.02. The number of hydrogen-bond donors (Lipinski definition) is 1. The summed E-state index contributed by atoms with van der Waals surface area (Å²) in [5.41, 5.74) is 0. The molecule has 1 aliphatic heterocycles. The van der Waals surface area contributed by atoms with Crippen LogP contribution in [0.4, 0.5) is 0 Å². The second-order valence-corrected chi connectivity index (χ2v) is 3.02. The first-order chi connectivity index (χ1) is 5.70. The van der Waals surface area contributed by atoms with Crippen molar-refractivity contribution in [2.45, 2.75) is 26.3 Å². The van der Waals surface area contributed by atoms with Gasteiger partial charge in [0.25, 0.3) is 5.90 Å². The Bertz CT molecular complexity index is 199. The molecule has 0 saturated heterocycles. The maximum atomic E-state index is 11.2. The van der Waals surface area contributed by atoms with Crippen LogP contribution in [-0.2, 0) is 9.53 Å². The molecule has 0 spiro atoms. The van der Waals surface area contributed by atoms with E-state index >= 15 is 0 Å². The van der Waals surface area contributed by atoms with Crippen molar-refractivity contribution in [2.75, 3.05) is 13.2 Å². The monoisotopic (exact) mass is 170 g/mol. The average molecular weight is 170 g/mol. The number of amides is 1. The Kier molecular flexibility index (Phi) is 3.08. The summed E-state index contributed by atoms with van der Waals surface area (Å²) in [6.45, 7) is 5.10. The van der Waals surface area contributed by atoms with Gasteiger partial charge in [0, 0.05) is 19.0 Å². The number of hydrogen-bond acceptors (Lipinski definition) is 3. The fourth-order valence-electron chi connectivity index (χ4n) is 0.921. The highest BCUT2D eigenvalue weighted by Gasteiger charge is 2.15. The summed E-state index contributed by atoms with van der Waals surface area (Å²) < 4.78 is 5.08. The number of nitrogens with zero attached hydrogens (tertiary/aromatic N) is 1. The first-order valence-corrected chi connectivity index (χ1v) is 4.18. The first kappa shape index (κ1) is 9.03. The Morgan fingerprint density at radius 2 is 2.42 bits per heavy atom. The fourth-order valence-corrected chi connectivity index (χ4v) is 0.921. The smallest absolute Gasteiger partial charge is 0.306 e. The second kappa shape index (κ2) is 4.09. The van der Waals surface area contributed by atoms with Crippen LogP contribution in [0.1, 0.15) is 20.3 Å². The van der Waals surface area contributed by atoms with Crippen molar-refractivity contribution in [1.29, 1.82) is 0 Å². The zero-order valence-corrected chi connectivity index (χ0v) is 7.46. The van der Waals surface area contributed by atoms with Crippen LogP contribution in [0.25, 0.3) is 0 Å². The van der Waals surface area contributed by atoms with E-state index in [2.05, 4.69) is 10.3 Å². The van der Waals surface area contributed by atoms with Crippen molar-refractivity contribution < 1.29 is 9.53 Å². The zero-order chi connectivity index (χ0) is 8.97. The number of rotatable bonds is 2. The van der Waals surface area contributed by atoms with Crippen molar-refractivity contribution >= 4 is 11.8 Å². The minimum Gasteiger partial charge on any atom is -0.474 e. The van der Waals surface area contributed by atoms with E-state index in [9.17, 15) is 4.79 Å². The molecule has 1 rings (SSSR count). The van der Waals surface area contributed by atoms with Gasteiger partial charge in [0.05, 0.1) is 6.61 Å². The van der Waals surface area contributed by atoms with Crippen LogP contribution in [0, 0.1) is 0 Å². The normalized spacial score (nSPS) is 16.8. The van der Waals surface area contributed by atoms with E-state index in [4.69, 9.17) is 4.74 Å². The molecular formula is C8H14N2O2. The van der Waals surface area contributed by atoms with Crippen LogP contribution in [0.3, 0.4) is 0 Å². The van der Waals surface area contributed by atoms with E-state index in [0.29, 0.717) is 13.2 Å². The van der Waals surface area contributed by atoms with E-state index in [1.165, 1.54) is 0 Å². The van der Waals surface area contributed by atoms with Gasteiger partial charge in [-0.25, -0.2) is 4.99 Å². The van der Waals surface area contributed by atoms with Crippen molar-refractivity contribution in [3.63, 3.8) is 0 Å². The third kappa shape index (κ3) is 2.53. The Morgan fingerprint density at radius 3 is 2.92 bits per heavy atom. The molecule has 1 aliphatic rings. The Hall–Kier alpha value is -1.06. The number of aliphatic imine (C=N–C) groups is 1. The van der Waals surface area contributed by atoms with Crippen LogP contribution in [0.15, 0.2) is 4.99 Å². The molecule has 0 atom stereocenters. The zero-order valence-electron chi connectivity index (χ0n) is 7.46. The van der Waals surface area contributed by atoms with Gasteiger partial charge < -0.3 is 10.1 Å². The van der Waals surface area contributed by atoms with Gasteiger partial charge in [-0.05, 0) is 13.8 Å². The maximum absolute atomic E-state index is 11.2. The van der Waals surface area contributed by atoms with E-state index in [1.54, 1.807) is 0 Å². The van der Waals surface area contributed by atoms with Crippen LogP contribution >= 0.6 is 0 Å². The highest BCUT2D eigenvalue weighted by molar-refractivity contribution is 6.35. The first-order valence-electron chi connectivity index (χ1n) is 4.18. The van der Waals surface area contributed by atoms with Crippen LogP contribution in [0.5, 0.6) is 0 Å². The summed E-state index contributed by atoms with van der Waals surface area (Å²) in [4.78, 5) is 15.2. The Balaban J connectivity index is 2.45. The minimum atomic E-state index is -0.204. The van der Waals surface area contributed by atoms with E-state index in [0.717, 1.165) is 6.42 Å². The SMILES string of the molecule is CC(C)NC(=O)C1=NCCCO1. The van der Waals surface area contributed by atoms with E-state index in [1.807, 2.05) is 13.8 Å². The third-order valence-electron chi connectivity index (χ3n) is 1.41. The Morgan fingerprint density at radius 1 is 1.67 bits per heavy atom. The quantitative estimate of drug-likeness (QED) is 0.649. The minimum absolute atomic E-state index is 0.130. The molecule has 0 unspecified atom stereocenters. The molecule has 0 saturated carbocycles. The number of nitrogens with one attached hydrogen (secondary N) is 1. The Labute approximate surface area is 72.0 Å². The van der Waals surface area contributed by atoms with Crippen LogP contribution in [0.2, 0.25) is 0 Å². The molecule has 1 N–H and O–H groups in total. The lowest BCUT2D eigenvalue weighted by molar-refractivity contribution is -0.116. The van der Waals surface area contributed by atoms with E-state index < -0.39 is 0 Å². The van der Waals surface area contributed by atoms with Crippen molar-refractivity contribution in [2.24, 2.45) is 4.99 Å². The van der Waals surface area contributed by atoms with Gasteiger partial charge >= 0.3 is 5.91 Å². The molecule has 0 bridgehead atoms. The topological polar surface area (TPSA) is 50.7 Å². The molecule has 4 heteroatoms. The lowest BCUT2D eigenvalue weighted by Crippen LogP contribution is -2.38. The van der Waals surface area contributed by atoms with Gasteiger partial charge in [-0.1, -0.05) is 0 Å². The summed E-state index contributed by atoms with van der Waals surface area (Å²) >= 11 is 0. The predicted molar refractivity (Wildman–Crippen MR) is 46.1 cm³/mol. The standard InChI is InChI=1S/C8H14N2O2/c1-6(2)10-7(11)8-9-4-3-5-12-8/h6H,3-5H2,1-2H3,(H,10,11). The largest absolute Gasteiger partial charge is 0.474 e. The summed E-state index contributed by atoms with van der Waals surface area (Å²) in [7, 11) is 0. The van der Waals surface area contributed by atoms with Gasteiger partial charge in [0.2, 0.25) is 0 Å². The number of carbonyl (C=O) groups is 1. The predicted octanol–water partition coefficient (Wildman–Crippen LogP) is 0.330. The van der Waals surface area contributed by atoms with Gasteiger partial charge in [-0.2, -0.15) is 0 Å². The summed E-state index contributed by atoms with van der Waals surface area (Å²) in [5.74, 6) is 0.0275. The molecule has 1 heterocycles. The summed E-state index contributed by atoms with van der Waals surface area (Å²) in [6, 6.07) is 0.130. The van der Waals surface area contributed by atoms with Gasteiger partial charge in [0.15, 0.2) is 0 Å². The molecule has 4 nitrogen and oxygen atoms in total. The number of carbonyl (C=O) groups excluding carboxylic acids is 1. The summed E-state index contributed by atoms with van der Waals surface area (Å²) in [6.07, 6.45) is 0.901. The molecule has 68 valence electrons. The molecule has 0 radical (unpaired) electrons. The van der Waals surface area contributed by atoms with Gasteiger partial charge in [0.1, 0.15) is 0 Å². The maximum Gasteiger partial charge on any atom is 0.306 e. The molecule has 0 aromatic rings. The van der Waals surface area contributed by atoms with Crippen LogP contribution in [-0.4, -0.2) is 31.0 Å². The highest BCUT2D eigenvalue weighted by atomic mass is 16.5. The molecule has 0 aliphatic carbocycles. The highest BCUT2D eigenvalue weighted by Crippen LogP contribution is 1.96. The molecule has 12 heavy (non-hydrogen) atoms. The molecule has 0 aromatic heterocycles.